The van der Waals surface area contributed by atoms with Gasteiger partial charge < -0.3 is 4.74 Å². The molecule has 1 aromatic carbocycles. The smallest absolute Gasteiger partial charge is 0.348 e. The van der Waals surface area contributed by atoms with Crippen molar-refractivity contribution in [3.63, 3.8) is 0 Å². The van der Waals surface area contributed by atoms with Gasteiger partial charge in [-0.25, -0.2) is 13.9 Å². The molecule has 1 aromatic heterocycles. The van der Waals surface area contributed by atoms with E-state index in [-0.39, 0.29) is 18.0 Å². The number of hydrogen-bond acceptors (Lipinski definition) is 4. The normalized spacial score (nSPS) is 11.3. The van der Waals surface area contributed by atoms with Gasteiger partial charge in [-0.3, -0.25) is 0 Å². The molecule has 0 atom stereocenters. The van der Waals surface area contributed by atoms with E-state index in [0.717, 1.165) is 18.4 Å². The first-order chi connectivity index (χ1) is 12.5. The van der Waals surface area contributed by atoms with E-state index in [0.29, 0.717) is 23.0 Å². The van der Waals surface area contributed by atoms with Crippen molar-refractivity contribution in [1.29, 1.82) is 5.26 Å². The number of aryl methyl sites for hydroxylation is 1. The second-order valence-electron chi connectivity index (χ2n) is 5.73. The Kier molecular flexibility index (Phi) is 6.93. The van der Waals surface area contributed by atoms with Gasteiger partial charge in [0, 0.05) is 5.56 Å². The Morgan fingerprint density at radius 3 is 2.73 bits per heavy atom. The molecule has 0 radical (unpaired) electrons. The maximum absolute atomic E-state index is 13.0. The lowest BCUT2D eigenvalue weighted by molar-refractivity contribution is -0.138. The number of hydrogen-bond donors (Lipinski definition) is 0. The molecule has 0 aliphatic rings. The monoisotopic (exact) mass is 375 g/mol. The highest BCUT2D eigenvalue weighted by atomic mass is 35.5. The molecule has 0 saturated heterocycles. The fourth-order valence-corrected chi connectivity index (χ4v) is 2.56. The third-order valence-electron chi connectivity index (χ3n) is 3.72. The lowest BCUT2D eigenvalue weighted by atomic mass is 10.1. The van der Waals surface area contributed by atoms with Crippen molar-refractivity contribution in [2.45, 2.75) is 33.2 Å². The van der Waals surface area contributed by atoms with Crippen LogP contribution in [0.4, 0.5) is 4.39 Å². The number of esters is 1. The van der Waals surface area contributed by atoms with Crippen molar-refractivity contribution in [3.05, 3.63) is 57.6 Å². The maximum atomic E-state index is 13.0. The predicted octanol–water partition coefficient (Wildman–Crippen LogP) is 4.28. The van der Waals surface area contributed by atoms with E-state index >= 15 is 0 Å². The Labute approximate surface area is 156 Å². The molecule has 1 heterocycles. The zero-order valence-electron chi connectivity index (χ0n) is 14.6. The second kappa shape index (κ2) is 9.16. The van der Waals surface area contributed by atoms with E-state index in [2.05, 4.69) is 5.10 Å². The minimum atomic E-state index is -0.678. The molecule has 0 aliphatic carbocycles. The van der Waals surface area contributed by atoms with Crippen LogP contribution in [0.2, 0.25) is 5.15 Å². The van der Waals surface area contributed by atoms with Gasteiger partial charge in [-0.2, -0.15) is 10.4 Å². The molecule has 0 fully saturated rings. The minimum Gasteiger partial charge on any atom is -0.462 e. The van der Waals surface area contributed by atoms with Crippen LogP contribution >= 0.6 is 11.6 Å². The Balaban J connectivity index is 2.23. The summed E-state index contributed by atoms with van der Waals surface area (Å²) in [4.78, 5) is 12.0. The van der Waals surface area contributed by atoms with Crippen LogP contribution in [0.3, 0.4) is 0 Å². The summed E-state index contributed by atoms with van der Waals surface area (Å²) in [6.45, 7) is 4.32. The summed E-state index contributed by atoms with van der Waals surface area (Å²) in [5, 5.41) is 13.9. The van der Waals surface area contributed by atoms with Crippen LogP contribution < -0.4 is 0 Å². The molecule has 5 nitrogen and oxygen atoms in total. The molecule has 0 spiro atoms. The molecule has 26 heavy (non-hydrogen) atoms. The van der Waals surface area contributed by atoms with Crippen LogP contribution in [0, 0.1) is 24.1 Å². The number of unbranched alkanes of at least 4 members (excludes halogenated alkanes) is 1. The van der Waals surface area contributed by atoms with Gasteiger partial charge in [0.2, 0.25) is 0 Å². The molecule has 0 saturated carbocycles. The lowest BCUT2D eigenvalue weighted by Gasteiger charge is -2.04. The summed E-state index contributed by atoms with van der Waals surface area (Å²) in [5.74, 6) is -0.997. The Hall–Kier alpha value is -2.65. The van der Waals surface area contributed by atoms with Gasteiger partial charge in [0.1, 0.15) is 22.6 Å². The van der Waals surface area contributed by atoms with E-state index < -0.39 is 5.97 Å². The van der Waals surface area contributed by atoms with Gasteiger partial charge in [0.25, 0.3) is 0 Å². The van der Waals surface area contributed by atoms with Crippen LogP contribution in [0.5, 0.6) is 0 Å². The van der Waals surface area contributed by atoms with Crippen molar-refractivity contribution < 1.29 is 13.9 Å². The van der Waals surface area contributed by atoms with E-state index in [1.807, 2.05) is 13.0 Å². The van der Waals surface area contributed by atoms with Crippen molar-refractivity contribution in [3.8, 4) is 6.07 Å². The third-order valence-corrected chi connectivity index (χ3v) is 4.11. The van der Waals surface area contributed by atoms with Crippen LogP contribution in [0.15, 0.2) is 29.8 Å². The fraction of sp³-hybridized carbons (Fsp3) is 0.316. The summed E-state index contributed by atoms with van der Waals surface area (Å²) >= 11 is 6.36. The first-order valence-corrected chi connectivity index (χ1v) is 8.60. The number of carbonyl (C=O) groups excluding carboxylic acids is 1. The number of ether oxygens (including phenoxy) is 1. The van der Waals surface area contributed by atoms with E-state index in [1.54, 1.807) is 19.1 Å². The molecular formula is C19H19ClFN3O2. The molecule has 0 amide bonds. The minimum absolute atomic E-state index is 0.132. The summed E-state index contributed by atoms with van der Waals surface area (Å²) in [7, 11) is 0. The molecule has 7 heteroatoms. The zero-order valence-corrected chi connectivity index (χ0v) is 15.4. The van der Waals surface area contributed by atoms with Crippen molar-refractivity contribution in [2.75, 3.05) is 6.61 Å². The van der Waals surface area contributed by atoms with Crippen molar-refractivity contribution >= 4 is 23.6 Å². The van der Waals surface area contributed by atoms with Gasteiger partial charge in [0.15, 0.2) is 0 Å². The van der Waals surface area contributed by atoms with E-state index in [9.17, 15) is 14.4 Å². The second-order valence-corrected chi connectivity index (χ2v) is 6.09. The number of nitrogens with zero attached hydrogens (tertiary/aromatic N) is 3. The van der Waals surface area contributed by atoms with Crippen LogP contribution in [-0.2, 0) is 16.1 Å². The number of carbonyl (C=O) groups is 1. The van der Waals surface area contributed by atoms with Crippen LogP contribution in [0.25, 0.3) is 6.08 Å². The third kappa shape index (κ3) is 4.93. The first kappa shape index (κ1) is 19.7. The van der Waals surface area contributed by atoms with E-state index in [4.69, 9.17) is 16.3 Å². The largest absolute Gasteiger partial charge is 0.462 e. The molecule has 0 aliphatic heterocycles. The topological polar surface area (TPSA) is 67.9 Å². The van der Waals surface area contributed by atoms with Crippen molar-refractivity contribution in [2.24, 2.45) is 0 Å². The van der Waals surface area contributed by atoms with Gasteiger partial charge in [-0.15, -0.1) is 0 Å². The van der Waals surface area contributed by atoms with Gasteiger partial charge in [-0.05, 0) is 37.1 Å². The summed E-state index contributed by atoms with van der Waals surface area (Å²) < 4.78 is 19.6. The summed E-state index contributed by atoms with van der Waals surface area (Å²) in [6, 6.07) is 7.86. The fourth-order valence-electron chi connectivity index (χ4n) is 2.27. The van der Waals surface area contributed by atoms with Crippen LogP contribution in [-0.4, -0.2) is 22.4 Å². The van der Waals surface area contributed by atoms with Crippen LogP contribution in [0.1, 0.15) is 36.6 Å². The zero-order chi connectivity index (χ0) is 19.1. The average Bonchev–Trinajstić information content (AvgIpc) is 2.88. The SMILES string of the molecule is CCCCOC(=O)/C(C#N)=C/c1c(C)nn(Cc2ccc(F)cc2)c1Cl. The van der Waals surface area contributed by atoms with Gasteiger partial charge in [0.05, 0.1) is 18.8 Å². The highest BCUT2D eigenvalue weighted by molar-refractivity contribution is 6.31. The lowest BCUT2D eigenvalue weighted by Crippen LogP contribution is -2.07. The van der Waals surface area contributed by atoms with Gasteiger partial charge in [-0.1, -0.05) is 37.1 Å². The Morgan fingerprint density at radius 2 is 2.12 bits per heavy atom. The predicted molar refractivity (Wildman–Crippen MR) is 96.9 cm³/mol. The maximum Gasteiger partial charge on any atom is 0.348 e. The molecule has 0 bridgehead atoms. The Morgan fingerprint density at radius 1 is 1.42 bits per heavy atom. The number of halogens is 2. The number of benzene rings is 1. The van der Waals surface area contributed by atoms with Gasteiger partial charge >= 0.3 is 5.97 Å². The van der Waals surface area contributed by atoms with Crippen molar-refractivity contribution in [1.82, 2.24) is 9.78 Å². The molecular weight excluding hydrogens is 357 g/mol. The first-order valence-electron chi connectivity index (χ1n) is 8.22. The molecule has 2 rings (SSSR count). The standard InChI is InChI=1S/C19H19ClFN3O2/c1-3-4-9-26-19(25)15(11-22)10-17-13(2)23-24(18(17)20)12-14-5-7-16(21)8-6-14/h5-8,10H,3-4,9,12H2,1-2H3/b15-10+. The summed E-state index contributed by atoms with van der Waals surface area (Å²) in [6.07, 6.45) is 3.01. The number of nitriles is 1. The average molecular weight is 376 g/mol. The summed E-state index contributed by atoms with van der Waals surface area (Å²) in [5.41, 5.74) is 1.75. The number of rotatable bonds is 7. The highest BCUT2D eigenvalue weighted by Gasteiger charge is 2.16. The molecule has 0 unspecified atom stereocenters. The molecule has 2 aromatic rings. The van der Waals surface area contributed by atoms with E-state index in [1.165, 1.54) is 22.9 Å². The molecule has 0 N–H and O–H groups in total. The molecule has 136 valence electrons. The quantitative estimate of drug-likeness (QED) is 0.313. The highest BCUT2D eigenvalue weighted by Crippen LogP contribution is 2.24. The Bertz CT molecular complexity index is 851. The number of aromatic nitrogens is 2.